The van der Waals surface area contributed by atoms with Gasteiger partial charge in [-0.1, -0.05) is 18.2 Å². The lowest BCUT2D eigenvalue weighted by molar-refractivity contribution is 0.101. The number of thiophene rings is 1. The number of anilines is 1. The third kappa shape index (κ3) is 5.73. The molecule has 0 spiro atoms. The van der Waals surface area contributed by atoms with Crippen molar-refractivity contribution < 1.29 is 22.5 Å². The normalized spacial score (nSPS) is 19.9. The van der Waals surface area contributed by atoms with Crippen LogP contribution in [0.1, 0.15) is 39.2 Å². The minimum atomic E-state index is -4.09. The van der Waals surface area contributed by atoms with Crippen LogP contribution in [0.4, 0.5) is 5.82 Å². The molecule has 0 amide bonds. The summed E-state index contributed by atoms with van der Waals surface area (Å²) < 4.78 is 29.0. The Labute approximate surface area is 218 Å². The van der Waals surface area contributed by atoms with Crippen molar-refractivity contribution in [3.63, 3.8) is 0 Å². The number of hydrogen-bond donors (Lipinski definition) is 3. The summed E-state index contributed by atoms with van der Waals surface area (Å²) in [6.07, 6.45) is 4.96. The molecule has 1 aliphatic rings. The van der Waals surface area contributed by atoms with E-state index in [0.717, 1.165) is 11.1 Å². The van der Waals surface area contributed by atoms with Crippen LogP contribution in [0.5, 0.6) is 0 Å². The van der Waals surface area contributed by atoms with Crippen molar-refractivity contribution in [1.29, 1.82) is 0 Å². The second kappa shape index (κ2) is 10.3. The van der Waals surface area contributed by atoms with Gasteiger partial charge >= 0.3 is 10.3 Å². The van der Waals surface area contributed by atoms with Gasteiger partial charge in [-0.3, -0.25) is 8.98 Å². The molecule has 4 N–H and O–H groups in total. The first-order valence-electron chi connectivity index (χ1n) is 11.8. The maximum Gasteiger partial charge on any atom is 0.333 e. The molecule has 12 heteroatoms. The Hall–Kier alpha value is -3.16. The number of aromatic nitrogens is 3. The van der Waals surface area contributed by atoms with Gasteiger partial charge in [0.2, 0.25) is 5.78 Å². The fourth-order valence-electron chi connectivity index (χ4n) is 4.85. The maximum atomic E-state index is 13.4. The first-order chi connectivity index (χ1) is 17.7. The zero-order valence-electron chi connectivity index (χ0n) is 20.1. The van der Waals surface area contributed by atoms with E-state index in [0.29, 0.717) is 35.6 Å². The number of benzene rings is 1. The van der Waals surface area contributed by atoms with Gasteiger partial charge in [-0.05, 0) is 48.4 Å². The molecule has 37 heavy (non-hydrogen) atoms. The topological polar surface area (TPSA) is 149 Å². The van der Waals surface area contributed by atoms with Crippen LogP contribution >= 0.6 is 11.3 Å². The molecule has 1 aromatic carbocycles. The van der Waals surface area contributed by atoms with Crippen LogP contribution in [0.25, 0.3) is 10.9 Å². The van der Waals surface area contributed by atoms with Crippen LogP contribution in [0, 0.1) is 12.8 Å². The average molecular weight is 542 g/mol. The standard InChI is InChI=1S/C25H27N5O5S2/c1-15-10-30(21-5-3-2-4-19(15)21)11-16-6-23(36-13-16)24(32)20-9-27-14-28-25(20)29-18-7-17(22(31)8-18)12-35-37(26,33)34/h2-6,9-10,13-14,17-18,22,31H,7-8,11-12H2,1H3,(H2,26,33,34)(H,27,28,29)/t17-,18-,22+/m1/s1. The molecule has 3 heterocycles. The molecular weight excluding hydrogens is 514 g/mol. The summed E-state index contributed by atoms with van der Waals surface area (Å²) in [5, 5.41) is 21.6. The van der Waals surface area contributed by atoms with Gasteiger partial charge in [-0.15, -0.1) is 11.3 Å². The van der Waals surface area contributed by atoms with Gasteiger partial charge < -0.3 is 15.0 Å². The van der Waals surface area contributed by atoms with Crippen LogP contribution in [0.2, 0.25) is 0 Å². The van der Waals surface area contributed by atoms with Crippen molar-refractivity contribution in [3.8, 4) is 0 Å². The lowest BCUT2D eigenvalue weighted by Gasteiger charge is -2.15. The molecule has 0 bridgehead atoms. The quantitative estimate of drug-likeness (QED) is 0.274. The van der Waals surface area contributed by atoms with E-state index in [9.17, 15) is 18.3 Å². The van der Waals surface area contributed by atoms with Gasteiger partial charge in [-0.2, -0.15) is 8.42 Å². The van der Waals surface area contributed by atoms with Gasteiger partial charge in [0.05, 0.1) is 23.2 Å². The lowest BCUT2D eigenvalue weighted by atomic mass is 10.1. The molecule has 0 aliphatic heterocycles. The van der Waals surface area contributed by atoms with E-state index in [1.54, 1.807) is 0 Å². The van der Waals surface area contributed by atoms with Crippen LogP contribution < -0.4 is 10.5 Å². The average Bonchev–Trinajstić information content (AvgIpc) is 3.55. The Balaban J connectivity index is 1.29. The number of aryl methyl sites for hydroxylation is 1. The van der Waals surface area contributed by atoms with E-state index in [1.807, 2.05) is 23.6 Å². The van der Waals surface area contributed by atoms with Crippen molar-refractivity contribution in [3.05, 3.63) is 76.0 Å². The van der Waals surface area contributed by atoms with Gasteiger partial charge in [-0.25, -0.2) is 15.1 Å². The third-order valence-electron chi connectivity index (χ3n) is 6.62. The first kappa shape index (κ1) is 25.5. The highest BCUT2D eigenvalue weighted by Crippen LogP contribution is 2.31. The van der Waals surface area contributed by atoms with Crippen LogP contribution in [-0.4, -0.2) is 52.6 Å². The second-order valence-electron chi connectivity index (χ2n) is 9.31. The molecule has 194 valence electrons. The number of aliphatic hydroxyl groups excluding tert-OH is 1. The highest BCUT2D eigenvalue weighted by Gasteiger charge is 2.34. The highest BCUT2D eigenvalue weighted by molar-refractivity contribution is 7.84. The summed E-state index contributed by atoms with van der Waals surface area (Å²) in [4.78, 5) is 22.3. The van der Waals surface area contributed by atoms with E-state index in [4.69, 9.17) is 5.14 Å². The number of nitrogens with one attached hydrogen (secondary N) is 1. The maximum absolute atomic E-state index is 13.4. The minimum absolute atomic E-state index is 0.194. The molecule has 1 aliphatic carbocycles. The number of carbonyl (C=O) groups is 1. The van der Waals surface area contributed by atoms with Crippen molar-refractivity contribution in [2.75, 3.05) is 11.9 Å². The molecule has 1 fully saturated rings. The van der Waals surface area contributed by atoms with Gasteiger partial charge in [0.25, 0.3) is 0 Å². The minimum Gasteiger partial charge on any atom is -0.393 e. The van der Waals surface area contributed by atoms with Crippen molar-refractivity contribution in [2.45, 2.75) is 38.5 Å². The SMILES string of the molecule is Cc1cn(Cc2csc(C(=O)c3cncnc3N[C@@H]3C[C@H](COS(N)(=O)=O)[C@@H](O)C3)c2)c2ccccc12. The zero-order valence-corrected chi connectivity index (χ0v) is 21.7. The molecule has 0 saturated heterocycles. The molecule has 3 aromatic heterocycles. The van der Waals surface area contributed by atoms with E-state index in [-0.39, 0.29) is 18.4 Å². The number of nitrogens with zero attached hydrogens (tertiary/aromatic N) is 3. The Morgan fingerprint density at radius 2 is 2.14 bits per heavy atom. The summed E-state index contributed by atoms with van der Waals surface area (Å²) >= 11 is 1.37. The first-order valence-corrected chi connectivity index (χ1v) is 14.1. The third-order valence-corrected chi connectivity index (χ3v) is 8.06. The van der Waals surface area contributed by atoms with Crippen LogP contribution in [0.15, 0.2) is 54.4 Å². The van der Waals surface area contributed by atoms with E-state index in [2.05, 4.69) is 49.3 Å². The Morgan fingerprint density at radius 3 is 2.95 bits per heavy atom. The van der Waals surface area contributed by atoms with E-state index in [1.165, 1.54) is 34.8 Å². The summed E-state index contributed by atoms with van der Waals surface area (Å²) in [6.45, 7) is 2.53. The summed E-state index contributed by atoms with van der Waals surface area (Å²) in [7, 11) is -4.09. The van der Waals surface area contributed by atoms with Gasteiger partial charge in [0.1, 0.15) is 12.1 Å². The Kier molecular flexibility index (Phi) is 7.10. The number of nitrogens with two attached hydrogens (primary N) is 1. The van der Waals surface area contributed by atoms with Crippen molar-refractivity contribution in [1.82, 2.24) is 14.5 Å². The summed E-state index contributed by atoms with van der Waals surface area (Å²) in [5.74, 6) is -0.238. The molecular formula is C25H27N5O5S2. The number of fused-ring (bicyclic) bond motifs is 1. The van der Waals surface area contributed by atoms with E-state index >= 15 is 0 Å². The number of aliphatic hydroxyl groups is 1. The summed E-state index contributed by atoms with van der Waals surface area (Å²) in [5.41, 5.74) is 3.71. The molecule has 10 nitrogen and oxygen atoms in total. The molecule has 5 rings (SSSR count). The second-order valence-corrected chi connectivity index (χ2v) is 11.4. The fraction of sp³-hybridized carbons (Fsp3) is 0.320. The molecule has 0 unspecified atom stereocenters. The Bertz CT molecular complexity index is 1550. The smallest absolute Gasteiger partial charge is 0.333 e. The number of rotatable bonds is 9. The highest BCUT2D eigenvalue weighted by atomic mass is 32.2. The fourth-order valence-corrected chi connectivity index (χ4v) is 6.08. The zero-order chi connectivity index (χ0) is 26.2. The van der Waals surface area contributed by atoms with Gasteiger partial charge in [0.15, 0.2) is 0 Å². The predicted octanol–water partition coefficient (Wildman–Crippen LogP) is 2.85. The molecule has 0 radical (unpaired) electrons. The largest absolute Gasteiger partial charge is 0.393 e. The van der Waals surface area contributed by atoms with Gasteiger partial charge in [0, 0.05) is 41.8 Å². The monoisotopic (exact) mass is 541 g/mol. The lowest BCUT2D eigenvalue weighted by Crippen LogP contribution is -2.24. The van der Waals surface area contributed by atoms with Crippen molar-refractivity contribution in [2.24, 2.45) is 11.1 Å². The number of para-hydroxylation sites is 1. The number of carbonyl (C=O) groups excluding carboxylic acids is 1. The molecule has 3 atom stereocenters. The summed E-state index contributed by atoms with van der Waals surface area (Å²) in [6, 6.07) is 9.91. The van der Waals surface area contributed by atoms with Crippen LogP contribution in [-0.2, 0) is 21.0 Å². The molecule has 1 saturated carbocycles. The predicted molar refractivity (Wildman–Crippen MR) is 141 cm³/mol. The number of hydrogen-bond acceptors (Lipinski definition) is 9. The van der Waals surface area contributed by atoms with Crippen LogP contribution in [0.3, 0.4) is 0 Å². The molecule has 4 aromatic rings. The van der Waals surface area contributed by atoms with Crippen molar-refractivity contribution >= 4 is 44.1 Å². The Morgan fingerprint density at radius 1 is 1.32 bits per heavy atom. The van der Waals surface area contributed by atoms with E-state index < -0.39 is 22.3 Å². The number of ketones is 1.